The van der Waals surface area contributed by atoms with Gasteiger partial charge in [-0.1, -0.05) is 25.6 Å². The minimum Gasteiger partial charge on any atom is -0.478 e. The SMILES string of the molecule is CCN(CC)c1ccc(C=NC2(CC)SC(CC)(N=Cc3ccc(N(CC)CC)s3)C(C(=O)O)=C2C(=O)O)s1. The van der Waals surface area contributed by atoms with Gasteiger partial charge in [-0.05, 0) is 64.8 Å². The molecule has 2 aromatic rings. The lowest BCUT2D eigenvalue weighted by molar-refractivity contribution is -0.136. The van der Waals surface area contributed by atoms with Crippen LogP contribution in [0.15, 0.2) is 45.4 Å². The zero-order valence-corrected chi connectivity index (χ0v) is 25.9. The number of nitrogens with zero attached hydrogens (tertiary/aromatic N) is 4. The standard InChI is InChI=1S/C28H38N4O4S3/c1-7-27(29-17-19-13-15-21(37-19)31(9-3)10-4)23(25(33)34)24(26(35)36)28(8-2,39-27)30-18-20-14-16-22(38-20)32(11-5)12-6/h13-18H,7-12H2,1-6H3,(H,33,34)(H,35,36). The third kappa shape index (κ3) is 6.25. The Morgan fingerprint density at radius 1 is 0.718 bits per heavy atom. The van der Waals surface area contributed by atoms with Gasteiger partial charge in [0.2, 0.25) is 0 Å². The van der Waals surface area contributed by atoms with Crippen LogP contribution in [-0.4, -0.2) is 70.5 Å². The van der Waals surface area contributed by atoms with Crippen molar-refractivity contribution in [2.75, 3.05) is 36.0 Å². The minimum absolute atomic E-state index is 0.201. The largest absolute Gasteiger partial charge is 0.478 e. The van der Waals surface area contributed by atoms with Gasteiger partial charge in [-0.2, -0.15) is 0 Å². The summed E-state index contributed by atoms with van der Waals surface area (Å²) in [6.45, 7) is 15.6. The van der Waals surface area contributed by atoms with Crippen LogP contribution in [0.5, 0.6) is 0 Å². The van der Waals surface area contributed by atoms with Crippen molar-refractivity contribution < 1.29 is 19.8 Å². The Morgan fingerprint density at radius 2 is 1.08 bits per heavy atom. The molecule has 2 aromatic heterocycles. The number of thiophene rings is 2. The Bertz CT molecular complexity index is 1160. The molecule has 11 heteroatoms. The van der Waals surface area contributed by atoms with Crippen LogP contribution in [0.4, 0.5) is 10.0 Å². The normalized spacial score (nSPS) is 21.4. The van der Waals surface area contributed by atoms with Crippen LogP contribution in [0, 0.1) is 0 Å². The van der Waals surface area contributed by atoms with Crippen LogP contribution < -0.4 is 9.80 Å². The molecule has 8 nitrogen and oxygen atoms in total. The first-order valence-corrected chi connectivity index (χ1v) is 15.8. The van der Waals surface area contributed by atoms with Crippen LogP contribution >= 0.6 is 34.4 Å². The second-order valence-corrected chi connectivity index (χ2v) is 12.7. The average molecular weight is 591 g/mol. The van der Waals surface area contributed by atoms with Crippen molar-refractivity contribution in [3.8, 4) is 0 Å². The van der Waals surface area contributed by atoms with Gasteiger partial charge in [0, 0.05) is 48.4 Å². The van der Waals surface area contributed by atoms with Crippen molar-refractivity contribution in [3.05, 3.63) is 45.2 Å². The van der Waals surface area contributed by atoms with Gasteiger partial charge in [0.05, 0.1) is 21.1 Å². The van der Waals surface area contributed by atoms with Crippen LogP contribution in [0.25, 0.3) is 0 Å². The van der Waals surface area contributed by atoms with E-state index in [1.165, 1.54) is 11.8 Å². The van der Waals surface area contributed by atoms with Gasteiger partial charge in [-0.3, -0.25) is 9.98 Å². The summed E-state index contributed by atoms with van der Waals surface area (Å²) < 4.78 is 0. The predicted molar refractivity (Wildman–Crippen MR) is 167 cm³/mol. The summed E-state index contributed by atoms with van der Waals surface area (Å²) in [6, 6.07) is 7.99. The lowest BCUT2D eigenvalue weighted by atomic mass is 9.93. The smallest absolute Gasteiger partial charge is 0.335 e. The third-order valence-electron chi connectivity index (χ3n) is 6.93. The number of carbonyl (C=O) groups is 2. The molecule has 3 heterocycles. The molecular formula is C28H38N4O4S3. The van der Waals surface area contributed by atoms with Gasteiger partial charge in [0.15, 0.2) is 0 Å². The minimum atomic E-state index is -1.28. The number of carboxylic acids is 2. The maximum Gasteiger partial charge on any atom is 0.335 e. The first-order chi connectivity index (χ1) is 18.6. The second kappa shape index (κ2) is 13.1. The highest BCUT2D eigenvalue weighted by Gasteiger charge is 2.58. The molecule has 0 saturated carbocycles. The molecule has 1 aliphatic heterocycles. The molecular weight excluding hydrogens is 553 g/mol. The number of carboxylic acid groups (broad SMARTS) is 2. The van der Waals surface area contributed by atoms with Gasteiger partial charge < -0.3 is 20.0 Å². The Hall–Kier alpha value is -2.63. The van der Waals surface area contributed by atoms with Gasteiger partial charge >= 0.3 is 11.9 Å². The van der Waals surface area contributed by atoms with Crippen molar-refractivity contribution in [3.63, 3.8) is 0 Å². The van der Waals surface area contributed by atoms with Crippen molar-refractivity contribution >= 4 is 68.8 Å². The zero-order valence-electron chi connectivity index (χ0n) is 23.4. The Balaban J connectivity index is 2.07. The fourth-order valence-corrected chi connectivity index (χ4v) is 8.41. The van der Waals surface area contributed by atoms with E-state index in [0.29, 0.717) is 12.8 Å². The summed E-state index contributed by atoms with van der Waals surface area (Å²) in [6.07, 6.45) is 3.98. The highest BCUT2D eigenvalue weighted by Crippen LogP contribution is 2.58. The number of anilines is 2. The molecule has 212 valence electrons. The Morgan fingerprint density at radius 3 is 1.36 bits per heavy atom. The van der Waals surface area contributed by atoms with E-state index in [4.69, 9.17) is 9.98 Å². The lowest BCUT2D eigenvalue weighted by Crippen LogP contribution is -2.28. The summed E-state index contributed by atoms with van der Waals surface area (Å²) in [5.41, 5.74) is -0.401. The van der Waals surface area contributed by atoms with Gasteiger partial charge in [-0.15, -0.1) is 22.7 Å². The second-order valence-electron chi connectivity index (χ2n) is 8.95. The molecule has 0 saturated heterocycles. The maximum absolute atomic E-state index is 12.6. The fourth-order valence-electron chi connectivity index (χ4n) is 4.75. The lowest BCUT2D eigenvalue weighted by Gasteiger charge is -2.29. The first kappa shape index (κ1) is 30.9. The topological polar surface area (TPSA) is 106 Å². The molecule has 0 fully saturated rings. The molecule has 2 unspecified atom stereocenters. The molecule has 39 heavy (non-hydrogen) atoms. The first-order valence-electron chi connectivity index (χ1n) is 13.4. The Kier molecular flexibility index (Phi) is 10.4. The van der Waals surface area contributed by atoms with Crippen molar-refractivity contribution in [1.29, 1.82) is 0 Å². The average Bonchev–Trinajstić information content (AvgIpc) is 3.65. The molecule has 2 atom stereocenters. The maximum atomic E-state index is 12.6. The summed E-state index contributed by atoms with van der Waals surface area (Å²) in [4.78, 5) is 38.5. The van der Waals surface area contributed by atoms with E-state index >= 15 is 0 Å². The highest BCUT2D eigenvalue weighted by atomic mass is 32.2. The molecule has 0 bridgehead atoms. The van der Waals surface area contributed by atoms with Gasteiger partial charge in [0.1, 0.15) is 9.74 Å². The molecule has 0 amide bonds. The van der Waals surface area contributed by atoms with Gasteiger partial charge in [-0.25, -0.2) is 9.59 Å². The van der Waals surface area contributed by atoms with E-state index in [1.807, 2.05) is 38.1 Å². The Labute approximate surface area is 243 Å². The van der Waals surface area contributed by atoms with Gasteiger partial charge in [0.25, 0.3) is 0 Å². The fraction of sp³-hybridized carbons (Fsp3) is 0.500. The molecule has 0 aliphatic carbocycles. The number of aliphatic carboxylic acids is 2. The number of thioether (sulfide) groups is 1. The van der Waals surface area contributed by atoms with E-state index in [-0.39, 0.29) is 11.1 Å². The number of rotatable bonds is 14. The van der Waals surface area contributed by atoms with Crippen LogP contribution in [-0.2, 0) is 9.59 Å². The zero-order chi connectivity index (χ0) is 28.8. The molecule has 2 N–H and O–H groups in total. The van der Waals surface area contributed by atoms with E-state index in [9.17, 15) is 19.8 Å². The molecule has 3 rings (SSSR count). The predicted octanol–water partition coefficient (Wildman–Crippen LogP) is 6.47. The summed E-state index contributed by atoms with van der Waals surface area (Å²) >= 11 is 4.37. The monoisotopic (exact) mass is 590 g/mol. The van der Waals surface area contributed by atoms with Crippen LogP contribution in [0.2, 0.25) is 0 Å². The summed E-state index contributed by atoms with van der Waals surface area (Å²) in [7, 11) is 0. The van der Waals surface area contributed by atoms with Crippen molar-refractivity contribution in [1.82, 2.24) is 0 Å². The third-order valence-corrected chi connectivity index (χ3v) is 11.0. The molecule has 1 aliphatic rings. The van der Waals surface area contributed by atoms with Crippen LogP contribution in [0.1, 0.15) is 64.1 Å². The van der Waals surface area contributed by atoms with E-state index in [1.54, 1.807) is 35.1 Å². The molecule has 0 aromatic carbocycles. The van der Waals surface area contributed by atoms with E-state index in [0.717, 1.165) is 45.9 Å². The summed E-state index contributed by atoms with van der Waals surface area (Å²) in [5, 5.41) is 22.8. The van der Waals surface area contributed by atoms with Crippen molar-refractivity contribution in [2.45, 2.75) is 64.1 Å². The number of hydrogen-bond acceptors (Lipinski definition) is 9. The molecule has 0 radical (unpaired) electrons. The summed E-state index contributed by atoms with van der Waals surface area (Å²) in [5.74, 6) is -2.56. The van der Waals surface area contributed by atoms with Crippen molar-refractivity contribution in [2.24, 2.45) is 9.98 Å². The highest BCUT2D eigenvalue weighted by molar-refractivity contribution is 8.02. The molecule has 0 spiro atoms. The van der Waals surface area contributed by atoms with E-state index in [2.05, 4.69) is 37.5 Å². The number of hydrogen-bond donors (Lipinski definition) is 2. The number of aliphatic imine (C=N–C) groups is 2. The van der Waals surface area contributed by atoms with Crippen LogP contribution in [0.3, 0.4) is 0 Å². The quantitative estimate of drug-likeness (QED) is 0.243. The van der Waals surface area contributed by atoms with E-state index < -0.39 is 21.7 Å².